The van der Waals surface area contributed by atoms with Crippen LogP contribution in [0.25, 0.3) is 0 Å². The highest BCUT2D eigenvalue weighted by Crippen LogP contribution is 2.25. The van der Waals surface area contributed by atoms with Gasteiger partial charge in [-0.15, -0.1) is 0 Å². The van der Waals surface area contributed by atoms with Gasteiger partial charge in [-0.05, 0) is 12.8 Å². The molecule has 0 aromatic heterocycles. The molecule has 7 heteroatoms. The molecule has 0 spiro atoms. The van der Waals surface area contributed by atoms with E-state index in [1.54, 1.807) is 13.8 Å². The normalized spacial score (nSPS) is 12.8. The smallest absolute Gasteiger partial charge is 0.326 e. The van der Waals surface area contributed by atoms with E-state index >= 15 is 0 Å². The molecule has 1 atom stereocenters. The third kappa shape index (κ3) is 3.99. The molecule has 0 aliphatic rings. The number of rotatable bonds is 8. The fraction of sp³-hybridized carbons (Fsp3) is 0.727. The number of nitrogens with one attached hydrogen (secondary N) is 1. The molecule has 0 unspecified atom stereocenters. The van der Waals surface area contributed by atoms with Gasteiger partial charge in [0, 0.05) is 6.54 Å². The fourth-order valence-corrected chi connectivity index (χ4v) is 1.67. The lowest BCUT2D eigenvalue weighted by molar-refractivity contribution is -0.145. The Morgan fingerprint density at radius 3 is 2.06 bits per heavy atom. The van der Waals surface area contributed by atoms with E-state index in [0.717, 1.165) is 0 Å². The van der Waals surface area contributed by atoms with Gasteiger partial charge in [0.15, 0.2) is 0 Å². The summed E-state index contributed by atoms with van der Waals surface area (Å²) < 4.78 is 0. The third-order valence-electron chi connectivity index (χ3n) is 3.23. The van der Waals surface area contributed by atoms with Crippen molar-refractivity contribution in [3.8, 4) is 0 Å². The summed E-state index contributed by atoms with van der Waals surface area (Å²) in [5, 5.41) is 11.2. The molecule has 0 rings (SSSR count). The highest BCUT2D eigenvalue weighted by molar-refractivity contribution is 5.90. The lowest BCUT2D eigenvalue weighted by Crippen LogP contribution is -2.52. The van der Waals surface area contributed by atoms with E-state index in [9.17, 15) is 14.4 Å². The molecule has 0 radical (unpaired) electrons. The Labute approximate surface area is 106 Å². The van der Waals surface area contributed by atoms with Gasteiger partial charge in [-0.2, -0.15) is 0 Å². The van der Waals surface area contributed by atoms with Crippen LogP contribution in [0.4, 0.5) is 0 Å². The molecular formula is C11H21N3O4. The van der Waals surface area contributed by atoms with Crippen LogP contribution in [0.2, 0.25) is 0 Å². The van der Waals surface area contributed by atoms with Gasteiger partial charge >= 0.3 is 5.97 Å². The van der Waals surface area contributed by atoms with Crippen molar-refractivity contribution in [1.82, 2.24) is 5.32 Å². The van der Waals surface area contributed by atoms with E-state index in [1.165, 1.54) is 0 Å². The first-order valence-corrected chi connectivity index (χ1v) is 5.85. The average molecular weight is 259 g/mol. The predicted molar refractivity (Wildman–Crippen MR) is 65.4 cm³/mol. The second-order valence-electron chi connectivity index (χ2n) is 4.23. The van der Waals surface area contributed by atoms with E-state index in [2.05, 4.69) is 5.32 Å². The quantitative estimate of drug-likeness (QED) is 0.452. The van der Waals surface area contributed by atoms with E-state index in [4.69, 9.17) is 16.6 Å². The number of nitrogens with two attached hydrogens (primary N) is 2. The molecule has 6 N–H and O–H groups in total. The second kappa shape index (κ2) is 6.95. The number of carboxylic acids is 1. The van der Waals surface area contributed by atoms with Crippen LogP contribution < -0.4 is 16.8 Å². The first-order chi connectivity index (χ1) is 8.32. The number of hydrogen-bond acceptors (Lipinski definition) is 4. The fourth-order valence-electron chi connectivity index (χ4n) is 1.67. The van der Waals surface area contributed by atoms with Crippen LogP contribution in [-0.4, -0.2) is 35.5 Å². The standard InChI is InChI=1S/C11H21N3O4/c1-3-11(4-2,6-12)10(18)14-7(9(16)17)5-8(13)15/h7H,3-6,12H2,1-2H3,(H2,13,15)(H,14,18)(H,16,17)/t7-/m0/s1. The minimum atomic E-state index is -1.31. The largest absolute Gasteiger partial charge is 0.480 e. The zero-order valence-corrected chi connectivity index (χ0v) is 10.7. The number of amides is 2. The van der Waals surface area contributed by atoms with Gasteiger partial charge in [-0.25, -0.2) is 4.79 Å². The lowest BCUT2D eigenvalue weighted by atomic mass is 9.81. The Morgan fingerprint density at radius 1 is 1.28 bits per heavy atom. The van der Waals surface area contributed by atoms with Crippen molar-refractivity contribution in [2.24, 2.45) is 16.9 Å². The van der Waals surface area contributed by atoms with Crippen LogP contribution in [-0.2, 0) is 14.4 Å². The molecule has 0 bridgehead atoms. The Hall–Kier alpha value is -1.63. The molecule has 7 nitrogen and oxygen atoms in total. The number of aliphatic carboxylic acids is 1. The maximum Gasteiger partial charge on any atom is 0.326 e. The summed E-state index contributed by atoms with van der Waals surface area (Å²) in [5.41, 5.74) is 9.72. The minimum Gasteiger partial charge on any atom is -0.480 e. The monoisotopic (exact) mass is 259 g/mol. The van der Waals surface area contributed by atoms with Crippen LogP contribution in [0.5, 0.6) is 0 Å². The second-order valence-corrected chi connectivity index (χ2v) is 4.23. The zero-order valence-electron chi connectivity index (χ0n) is 10.7. The highest BCUT2D eigenvalue weighted by atomic mass is 16.4. The van der Waals surface area contributed by atoms with Crippen LogP contribution in [0.1, 0.15) is 33.1 Å². The molecule has 0 saturated carbocycles. The van der Waals surface area contributed by atoms with E-state index in [-0.39, 0.29) is 6.54 Å². The van der Waals surface area contributed by atoms with Crippen molar-refractivity contribution in [1.29, 1.82) is 0 Å². The van der Waals surface area contributed by atoms with E-state index < -0.39 is 35.7 Å². The average Bonchev–Trinajstić information content (AvgIpc) is 2.30. The molecule has 0 saturated heterocycles. The van der Waals surface area contributed by atoms with Gasteiger partial charge in [-0.1, -0.05) is 13.8 Å². The van der Waals surface area contributed by atoms with Crippen molar-refractivity contribution in [2.45, 2.75) is 39.2 Å². The maximum absolute atomic E-state index is 12.0. The van der Waals surface area contributed by atoms with Crippen LogP contribution in [0.3, 0.4) is 0 Å². The third-order valence-corrected chi connectivity index (χ3v) is 3.23. The Bertz CT molecular complexity index is 318. The van der Waals surface area contributed by atoms with E-state index in [0.29, 0.717) is 12.8 Å². The molecular weight excluding hydrogens is 238 g/mol. The molecule has 0 heterocycles. The summed E-state index contributed by atoms with van der Waals surface area (Å²) in [5.74, 6) is -2.53. The van der Waals surface area contributed by atoms with E-state index in [1.807, 2.05) is 0 Å². The summed E-state index contributed by atoms with van der Waals surface area (Å²) in [6.07, 6.45) is 0.554. The maximum atomic E-state index is 12.0. The van der Waals surface area contributed by atoms with Gasteiger partial charge in [-0.3, -0.25) is 9.59 Å². The Morgan fingerprint density at radius 2 is 1.78 bits per heavy atom. The van der Waals surface area contributed by atoms with Crippen molar-refractivity contribution >= 4 is 17.8 Å². The van der Waals surface area contributed by atoms with Crippen molar-refractivity contribution < 1.29 is 19.5 Å². The van der Waals surface area contributed by atoms with Gasteiger partial charge < -0.3 is 21.9 Å². The molecule has 0 aliphatic heterocycles. The van der Waals surface area contributed by atoms with Crippen molar-refractivity contribution in [3.05, 3.63) is 0 Å². The number of carboxylic acid groups (broad SMARTS) is 1. The molecule has 104 valence electrons. The highest BCUT2D eigenvalue weighted by Gasteiger charge is 2.36. The molecule has 0 aromatic carbocycles. The molecule has 0 aromatic rings. The SMILES string of the molecule is CCC(CC)(CN)C(=O)N[C@@H](CC(N)=O)C(=O)O. The molecule has 0 aliphatic carbocycles. The number of carbonyl (C=O) groups is 3. The van der Waals surface area contributed by atoms with Crippen LogP contribution >= 0.6 is 0 Å². The van der Waals surface area contributed by atoms with Gasteiger partial charge in [0.2, 0.25) is 11.8 Å². The first kappa shape index (κ1) is 16.4. The summed E-state index contributed by atoms with van der Waals surface area (Å²) in [6, 6.07) is -1.31. The Kier molecular flexibility index (Phi) is 6.32. The van der Waals surface area contributed by atoms with Crippen molar-refractivity contribution in [3.63, 3.8) is 0 Å². The Balaban J connectivity index is 4.87. The zero-order chi connectivity index (χ0) is 14.3. The lowest BCUT2D eigenvalue weighted by Gasteiger charge is -2.29. The summed E-state index contributed by atoms with van der Waals surface area (Å²) in [7, 11) is 0. The van der Waals surface area contributed by atoms with Gasteiger partial charge in [0.1, 0.15) is 6.04 Å². The number of carbonyl (C=O) groups excluding carboxylic acids is 2. The summed E-state index contributed by atoms with van der Waals surface area (Å²) in [6.45, 7) is 3.73. The van der Waals surface area contributed by atoms with Crippen LogP contribution in [0, 0.1) is 5.41 Å². The van der Waals surface area contributed by atoms with Crippen molar-refractivity contribution in [2.75, 3.05) is 6.54 Å². The predicted octanol–water partition coefficient (Wildman–Crippen LogP) is -0.804. The minimum absolute atomic E-state index is 0.120. The van der Waals surface area contributed by atoms with Gasteiger partial charge in [0.25, 0.3) is 0 Å². The first-order valence-electron chi connectivity index (χ1n) is 5.85. The summed E-state index contributed by atoms with van der Waals surface area (Å²) in [4.78, 5) is 33.7. The molecule has 18 heavy (non-hydrogen) atoms. The number of primary amides is 1. The van der Waals surface area contributed by atoms with Gasteiger partial charge in [0.05, 0.1) is 11.8 Å². The molecule has 2 amide bonds. The topological polar surface area (TPSA) is 136 Å². The molecule has 0 fully saturated rings. The van der Waals surface area contributed by atoms with Crippen LogP contribution in [0.15, 0.2) is 0 Å². The number of hydrogen-bond donors (Lipinski definition) is 4. The summed E-state index contributed by atoms with van der Waals surface area (Å²) >= 11 is 0.